The zero-order valence-electron chi connectivity index (χ0n) is 25.0. The maximum absolute atomic E-state index is 13.6. The summed E-state index contributed by atoms with van der Waals surface area (Å²) in [4.78, 5) is 51.7. The Morgan fingerprint density at radius 2 is 1.81 bits per heavy atom. The lowest BCUT2D eigenvalue weighted by Crippen LogP contribution is -2.62. The van der Waals surface area contributed by atoms with Crippen LogP contribution in [0.15, 0.2) is 34.6 Å². The lowest BCUT2D eigenvalue weighted by molar-refractivity contribution is -0.935. The first-order valence-electron chi connectivity index (χ1n) is 15.5. The molecular formula is C32H40N6O4S. The number of aromatic nitrogens is 3. The summed E-state index contributed by atoms with van der Waals surface area (Å²) in [6.45, 7) is 10.3. The highest BCUT2D eigenvalue weighted by molar-refractivity contribution is 7.09. The molecule has 7 rings (SSSR count). The molecule has 4 aliphatic rings. The van der Waals surface area contributed by atoms with Crippen molar-refractivity contribution < 1.29 is 19.2 Å². The van der Waals surface area contributed by atoms with Crippen LogP contribution in [0.2, 0.25) is 0 Å². The van der Waals surface area contributed by atoms with Gasteiger partial charge in [-0.1, -0.05) is 13.8 Å². The third-order valence-corrected chi connectivity index (χ3v) is 10.4. The maximum atomic E-state index is 13.6. The second-order valence-electron chi connectivity index (χ2n) is 12.7. The molecule has 4 aliphatic heterocycles. The second-order valence-corrected chi connectivity index (χ2v) is 13.6. The van der Waals surface area contributed by atoms with Crippen LogP contribution >= 0.6 is 11.3 Å². The number of hydrogen-bond acceptors (Lipinski definition) is 8. The molecule has 43 heavy (non-hydrogen) atoms. The molecule has 0 N–H and O–H groups in total. The average Bonchev–Trinajstić information content (AvgIpc) is 3.50. The number of carbonyl (C=O) groups is 2. The van der Waals surface area contributed by atoms with Gasteiger partial charge in [-0.2, -0.15) is 0 Å². The number of piperazine rings is 1. The van der Waals surface area contributed by atoms with E-state index < -0.39 is 5.97 Å². The lowest BCUT2D eigenvalue weighted by atomic mass is 9.86. The molecule has 0 saturated carbocycles. The fourth-order valence-electron chi connectivity index (χ4n) is 6.76. The van der Waals surface area contributed by atoms with Gasteiger partial charge in [0.05, 0.1) is 41.9 Å². The van der Waals surface area contributed by atoms with Crippen molar-refractivity contribution in [3.63, 3.8) is 0 Å². The number of nitrogens with zero attached hydrogens (tertiary/aromatic N) is 6. The van der Waals surface area contributed by atoms with Crippen molar-refractivity contribution in [2.45, 2.75) is 51.9 Å². The Bertz CT molecular complexity index is 1580. The molecule has 4 saturated heterocycles. The van der Waals surface area contributed by atoms with Gasteiger partial charge in [-0.05, 0) is 67.4 Å². The van der Waals surface area contributed by atoms with Gasteiger partial charge in [-0.25, -0.2) is 9.97 Å². The van der Waals surface area contributed by atoms with Gasteiger partial charge in [0.2, 0.25) is 0 Å². The number of carbonyl (C=O) groups excluding carboxylic acids is 2. The van der Waals surface area contributed by atoms with Crippen LogP contribution < -0.4 is 15.6 Å². The molecule has 0 unspecified atom stereocenters. The van der Waals surface area contributed by atoms with Crippen LogP contribution in [-0.2, 0) is 22.4 Å². The van der Waals surface area contributed by atoms with Crippen molar-refractivity contribution in [1.82, 2.24) is 19.3 Å². The van der Waals surface area contributed by atoms with E-state index in [4.69, 9.17) is 9.97 Å². The largest absolute Gasteiger partial charge is 0.545 e. The van der Waals surface area contributed by atoms with E-state index in [0.717, 1.165) is 65.2 Å². The highest BCUT2D eigenvalue weighted by Gasteiger charge is 2.42. The van der Waals surface area contributed by atoms with Crippen LogP contribution in [-0.4, -0.2) is 88.0 Å². The predicted molar refractivity (Wildman–Crippen MR) is 165 cm³/mol. The van der Waals surface area contributed by atoms with Crippen molar-refractivity contribution in [3.8, 4) is 0 Å². The smallest absolute Gasteiger partial charge is 0.277 e. The van der Waals surface area contributed by atoms with Gasteiger partial charge in [-0.3, -0.25) is 14.0 Å². The van der Waals surface area contributed by atoms with Crippen LogP contribution in [0, 0.1) is 5.92 Å². The minimum Gasteiger partial charge on any atom is -0.545 e. The predicted octanol–water partition coefficient (Wildman–Crippen LogP) is 2.10. The first kappa shape index (κ1) is 29.5. The molecule has 0 aliphatic carbocycles. The zero-order chi connectivity index (χ0) is 30.1. The second kappa shape index (κ2) is 12.2. The van der Waals surface area contributed by atoms with Crippen LogP contribution in [0.4, 0.5) is 5.82 Å². The molecule has 228 valence electrons. The van der Waals surface area contributed by atoms with Gasteiger partial charge in [0.1, 0.15) is 11.5 Å². The normalized spacial score (nSPS) is 22.3. The van der Waals surface area contributed by atoms with Gasteiger partial charge >= 0.3 is 0 Å². The Balaban J connectivity index is 1.20. The molecule has 4 fully saturated rings. The molecule has 10 nitrogen and oxygen atoms in total. The summed E-state index contributed by atoms with van der Waals surface area (Å²) in [5, 5.41) is 14.4. The summed E-state index contributed by atoms with van der Waals surface area (Å²) in [5.74, 6) is 0.510. The molecule has 0 radical (unpaired) electrons. The number of aryl methyl sites for hydroxylation is 2. The number of pyridine rings is 1. The van der Waals surface area contributed by atoms with Gasteiger partial charge in [0.15, 0.2) is 6.54 Å². The summed E-state index contributed by atoms with van der Waals surface area (Å²) >= 11 is 1.67. The SMILES string of the molecule is CC(C)c1csc(CCc2ccn3c(=O)c(/C=C/C(=O)[O-])c(N4CCN(C(=O)C[N+]56CCC(CC5)CC6)CC4)nc3c2)n1. The third kappa shape index (κ3) is 6.38. The highest BCUT2D eigenvalue weighted by Crippen LogP contribution is 2.33. The number of fused-ring (bicyclic) bond motifs is 4. The number of piperidine rings is 3. The number of quaternary nitrogens is 1. The minimum absolute atomic E-state index is 0.202. The fraction of sp³-hybridized carbons (Fsp3) is 0.531. The van der Waals surface area contributed by atoms with E-state index in [2.05, 4.69) is 19.2 Å². The van der Waals surface area contributed by atoms with E-state index >= 15 is 0 Å². The molecule has 7 heterocycles. The van der Waals surface area contributed by atoms with Gasteiger partial charge in [0, 0.05) is 44.2 Å². The third-order valence-electron chi connectivity index (χ3n) is 9.52. The lowest BCUT2D eigenvalue weighted by Gasteiger charge is -2.49. The van der Waals surface area contributed by atoms with Gasteiger partial charge in [-0.15, -0.1) is 11.3 Å². The number of carboxylic acids is 1. The Kier molecular flexibility index (Phi) is 8.37. The van der Waals surface area contributed by atoms with Gasteiger partial charge in [0.25, 0.3) is 11.5 Å². The standard InChI is InChI=1S/C32H40N6O4S/c1-22(2)26-21-43-28(33-26)5-3-24-7-11-37-27(19-24)34-31(25(32(37)42)4-6-30(40)41)36-14-12-35(13-15-36)29(39)20-38-16-8-23(9-17-38)10-18-38/h4,6-7,11,19,21-23H,3,5,8-10,12-18,20H2,1-2H3/b6-4+. The summed E-state index contributed by atoms with van der Waals surface area (Å²) in [6, 6.07) is 3.82. The Morgan fingerprint density at radius 1 is 1.09 bits per heavy atom. The summed E-state index contributed by atoms with van der Waals surface area (Å²) in [6.07, 6.45) is 9.12. The number of anilines is 1. The highest BCUT2D eigenvalue weighted by atomic mass is 32.1. The zero-order valence-corrected chi connectivity index (χ0v) is 25.9. The number of thiazole rings is 1. The Hall–Kier alpha value is -3.57. The molecule has 0 atom stereocenters. The van der Waals surface area contributed by atoms with Crippen molar-refractivity contribution in [1.29, 1.82) is 0 Å². The fourth-order valence-corrected chi connectivity index (χ4v) is 7.72. The van der Waals surface area contributed by atoms with Crippen LogP contribution in [0.5, 0.6) is 0 Å². The monoisotopic (exact) mass is 604 g/mol. The maximum Gasteiger partial charge on any atom is 0.277 e. The number of rotatable bonds is 9. The van der Waals surface area contributed by atoms with E-state index in [-0.39, 0.29) is 17.0 Å². The number of amides is 1. The first-order chi connectivity index (χ1) is 20.7. The molecule has 3 aromatic rings. The molecule has 0 spiro atoms. The Labute approximate surface area is 255 Å². The summed E-state index contributed by atoms with van der Waals surface area (Å²) in [5.41, 5.74) is 2.52. The Morgan fingerprint density at radius 3 is 2.47 bits per heavy atom. The van der Waals surface area contributed by atoms with Gasteiger partial charge < -0.3 is 24.2 Å². The summed E-state index contributed by atoms with van der Waals surface area (Å²) in [7, 11) is 0. The summed E-state index contributed by atoms with van der Waals surface area (Å²) < 4.78 is 2.39. The van der Waals surface area contributed by atoms with E-state index in [0.29, 0.717) is 50.1 Å². The van der Waals surface area contributed by atoms with Crippen LogP contribution in [0.25, 0.3) is 11.7 Å². The van der Waals surface area contributed by atoms with E-state index in [1.807, 2.05) is 21.9 Å². The van der Waals surface area contributed by atoms with Crippen molar-refractivity contribution in [3.05, 3.63) is 62.0 Å². The van der Waals surface area contributed by atoms with E-state index in [1.165, 1.54) is 29.7 Å². The quantitative estimate of drug-likeness (QED) is 0.272. The van der Waals surface area contributed by atoms with Crippen molar-refractivity contribution in [2.24, 2.45) is 5.92 Å². The number of aliphatic carboxylic acids is 1. The van der Waals surface area contributed by atoms with E-state index in [1.54, 1.807) is 17.5 Å². The first-order valence-corrected chi connectivity index (χ1v) is 16.3. The molecule has 2 bridgehead atoms. The topological polar surface area (TPSA) is 111 Å². The molecule has 1 amide bonds. The van der Waals surface area contributed by atoms with Crippen molar-refractivity contribution in [2.75, 3.05) is 57.3 Å². The van der Waals surface area contributed by atoms with E-state index in [9.17, 15) is 19.5 Å². The number of carboxylic acid groups (broad SMARTS) is 1. The number of hydrogen-bond donors (Lipinski definition) is 0. The molecule has 3 aromatic heterocycles. The average molecular weight is 605 g/mol. The van der Waals surface area contributed by atoms with Crippen molar-refractivity contribution >= 4 is 40.8 Å². The van der Waals surface area contributed by atoms with Crippen LogP contribution in [0.1, 0.15) is 60.9 Å². The molecule has 11 heteroatoms. The molecule has 0 aromatic carbocycles. The van der Waals surface area contributed by atoms with Crippen LogP contribution in [0.3, 0.4) is 0 Å². The molecular weight excluding hydrogens is 564 g/mol. The minimum atomic E-state index is -1.38.